The van der Waals surface area contributed by atoms with Crippen LogP contribution in [0.15, 0.2) is 10.3 Å². The highest BCUT2D eigenvalue weighted by molar-refractivity contribution is 5.77. The zero-order valence-corrected chi connectivity index (χ0v) is 2.83. The Kier molecular flexibility index (Phi) is 1.73. The predicted octanol–water partition coefficient (Wildman–Crippen LogP) is -0.543. The average molecular weight is 89.1 g/mol. The summed E-state index contributed by atoms with van der Waals surface area (Å²) in [7, 11) is 0. The number of oxime groups is 1. The number of hydrogen-bond donors (Lipinski definition) is 2. The molecule has 0 aliphatic rings. The van der Waals surface area contributed by atoms with Gasteiger partial charge in [0.25, 0.3) is 5.96 Å². The number of nitrogens with two attached hydrogens (primary N) is 1. The highest BCUT2D eigenvalue weighted by Gasteiger charge is 1.79. The van der Waals surface area contributed by atoms with Crippen LogP contribution in [0.4, 0.5) is 0 Å². The van der Waals surface area contributed by atoms with E-state index in [2.05, 4.69) is 10.9 Å². The number of nitrogens with zero attached hydrogens (tertiary/aromatic N) is 2. The van der Waals surface area contributed by atoms with Crippen LogP contribution in [-0.4, -0.2) is 11.2 Å². The van der Waals surface area contributed by atoms with Gasteiger partial charge in [0.05, 0.1) is 0 Å². The monoisotopic (exact) mass is 89.0 g/mol. The smallest absolute Gasteiger partial charge is 0.297 e. The summed E-state index contributed by atoms with van der Waals surface area (Å²) in [4.78, 5) is 9.07. The van der Waals surface area contributed by atoms with Crippen molar-refractivity contribution < 1.29 is 5.21 Å². The highest BCUT2D eigenvalue weighted by atomic mass is 16.4. The number of nitroso groups, excluding NO2 is 1. The quantitative estimate of drug-likeness (QED) is 0.137. The maximum Gasteiger partial charge on any atom is 0.297 e. The Labute approximate surface area is 33.4 Å². The van der Waals surface area contributed by atoms with Crippen LogP contribution in [-0.2, 0) is 0 Å². The summed E-state index contributed by atoms with van der Waals surface area (Å²) in [6.45, 7) is 0. The molecule has 0 aromatic rings. The SMILES string of the molecule is N/C(N=O)=N\O. The fourth-order valence-electron chi connectivity index (χ4n) is 0.0183. The molecule has 0 aromatic heterocycles. The van der Waals surface area contributed by atoms with Crippen LogP contribution >= 0.6 is 0 Å². The van der Waals surface area contributed by atoms with Gasteiger partial charge in [-0.1, -0.05) is 0 Å². The zero-order valence-electron chi connectivity index (χ0n) is 2.83. The van der Waals surface area contributed by atoms with Gasteiger partial charge in [-0.25, -0.2) is 0 Å². The minimum atomic E-state index is -0.657. The van der Waals surface area contributed by atoms with E-state index in [9.17, 15) is 0 Å². The first kappa shape index (κ1) is 4.87. The third kappa shape index (κ3) is 1.22. The molecule has 0 bridgehead atoms. The molecular weight excluding hydrogens is 86.0 g/mol. The van der Waals surface area contributed by atoms with Crippen molar-refractivity contribution in [1.29, 1.82) is 0 Å². The average Bonchev–Trinajstić information content (AvgIpc) is 1.65. The summed E-state index contributed by atoms with van der Waals surface area (Å²) < 4.78 is 0. The predicted molar refractivity (Wildman–Crippen MR) is 19.2 cm³/mol. The van der Waals surface area contributed by atoms with Gasteiger partial charge in [0.15, 0.2) is 0 Å². The van der Waals surface area contributed by atoms with Gasteiger partial charge >= 0.3 is 0 Å². The van der Waals surface area contributed by atoms with E-state index in [4.69, 9.17) is 10.1 Å². The third-order valence-electron chi connectivity index (χ3n) is 0.196. The number of guanidine groups is 1. The molecule has 34 valence electrons. The molecule has 5 nitrogen and oxygen atoms in total. The lowest BCUT2D eigenvalue weighted by Gasteiger charge is -1.71. The van der Waals surface area contributed by atoms with Crippen molar-refractivity contribution in [1.82, 2.24) is 0 Å². The first-order valence-electron chi connectivity index (χ1n) is 1.12. The van der Waals surface area contributed by atoms with Crippen molar-refractivity contribution in [2.45, 2.75) is 0 Å². The minimum absolute atomic E-state index is 0.657. The molecule has 0 radical (unpaired) electrons. The van der Waals surface area contributed by atoms with E-state index in [1.165, 1.54) is 0 Å². The van der Waals surface area contributed by atoms with E-state index in [0.29, 0.717) is 0 Å². The van der Waals surface area contributed by atoms with Crippen LogP contribution in [0, 0.1) is 4.91 Å². The molecule has 0 aliphatic carbocycles. The summed E-state index contributed by atoms with van der Waals surface area (Å²) in [5.41, 5.74) is 4.49. The lowest BCUT2D eigenvalue weighted by molar-refractivity contribution is 0.317. The minimum Gasteiger partial charge on any atom is -0.408 e. The van der Waals surface area contributed by atoms with Crippen molar-refractivity contribution in [2.24, 2.45) is 16.1 Å². The van der Waals surface area contributed by atoms with Gasteiger partial charge in [0.1, 0.15) is 0 Å². The Hall–Kier alpha value is -1.13. The molecule has 0 rings (SSSR count). The van der Waals surface area contributed by atoms with Gasteiger partial charge in [-0.15, -0.1) is 4.91 Å². The van der Waals surface area contributed by atoms with E-state index in [1.54, 1.807) is 0 Å². The van der Waals surface area contributed by atoms with Crippen LogP contribution in [0.3, 0.4) is 0 Å². The highest BCUT2D eigenvalue weighted by Crippen LogP contribution is 1.60. The summed E-state index contributed by atoms with van der Waals surface area (Å²) in [6, 6.07) is 0. The summed E-state index contributed by atoms with van der Waals surface area (Å²) in [5, 5.41) is 11.8. The number of hydrogen-bond acceptors (Lipinski definition) is 3. The van der Waals surface area contributed by atoms with Crippen molar-refractivity contribution in [2.75, 3.05) is 0 Å². The second kappa shape index (κ2) is 2.13. The first-order chi connectivity index (χ1) is 2.81. The van der Waals surface area contributed by atoms with E-state index in [-0.39, 0.29) is 0 Å². The Bertz CT molecular complexity index is 76.9. The maximum atomic E-state index is 9.07. The standard InChI is InChI=1S/CH3N3O2/c2-1(3-5)4-6/h5H,(H2,2,3). The molecule has 0 heterocycles. The third-order valence-corrected chi connectivity index (χ3v) is 0.196. The molecule has 0 aliphatic heterocycles. The van der Waals surface area contributed by atoms with Gasteiger partial charge in [0.2, 0.25) is 0 Å². The number of rotatable bonds is 0. The van der Waals surface area contributed by atoms with E-state index >= 15 is 0 Å². The van der Waals surface area contributed by atoms with E-state index in [0.717, 1.165) is 0 Å². The molecule has 0 aromatic carbocycles. The fraction of sp³-hybridized carbons (Fsp3) is 0. The lowest BCUT2D eigenvalue weighted by atomic mass is 11.1. The summed E-state index contributed by atoms with van der Waals surface area (Å²) in [6.07, 6.45) is 0. The molecule has 0 atom stereocenters. The Morgan fingerprint density at radius 1 is 1.83 bits per heavy atom. The maximum absolute atomic E-state index is 9.07. The lowest BCUT2D eigenvalue weighted by Crippen LogP contribution is -2.05. The molecule has 0 unspecified atom stereocenters. The molecule has 5 heteroatoms. The van der Waals surface area contributed by atoms with Crippen LogP contribution in [0.25, 0.3) is 0 Å². The molecule has 6 heavy (non-hydrogen) atoms. The van der Waals surface area contributed by atoms with Gasteiger partial charge in [-0.3, -0.25) is 0 Å². The molecule has 0 fully saturated rings. The van der Waals surface area contributed by atoms with Crippen LogP contribution in [0.2, 0.25) is 0 Å². The van der Waals surface area contributed by atoms with Gasteiger partial charge in [-0.05, 0) is 5.16 Å². The van der Waals surface area contributed by atoms with Crippen molar-refractivity contribution in [3.63, 3.8) is 0 Å². The molecule has 0 spiro atoms. The van der Waals surface area contributed by atoms with Gasteiger partial charge in [0, 0.05) is 5.18 Å². The van der Waals surface area contributed by atoms with Crippen molar-refractivity contribution >= 4 is 5.96 Å². The summed E-state index contributed by atoms with van der Waals surface area (Å²) in [5.74, 6) is -0.657. The second-order valence-corrected chi connectivity index (χ2v) is 0.549. The molecule has 0 amide bonds. The van der Waals surface area contributed by atoms with E-state index < -0.39 is 5.96 Å². The van der Waals surface area contributed by atoms with Gasteiger partial charge in [-0.2, -0.15) is 0 Å². The molecule has 0 saturated heterocycles. The second-order valence-electron chi connectivity index (χ2n) is 0.549. The molecule has 3 N–H and O–H groups in total. The Morgan fingerprint density at radius 3 is 2.33 bits per heavy atom. The Balaban J connectivity index is 3.50. The Morgan fingerprint density at radius 2 is 2.33 bits per heavy atom. The largest absolute Gasteiger partial charge is 0.408 e. The van der Waals surface area contributed by atoms with Crippen LogP contribution in [0.1, 0.15) is 0 Å². The topological polar surface area (TPSA) is 88.0 Å². The van der Waals surface area contributed by atoms with Crippen LogP contribution < -0.4 is 5.73 Å². The van der Waals surface area contributed by atoms with Crippen molar-refractivity contribution in [3.8, 4) is 0 Å². The molecular formula is CH3N3O2. The molecule has 0 saturated carbocycles. The first-order valence-corrected chi connectivity index (χ1v) is 1.12. The van der Waals surface area contributed by atoms with Gasteiger partial charge < -0.3 is 10.9 Å². The normalized spacial score (nSPS) is 11.0. The van der Waals surface area contributed by atoms with Crippen molar-refractivity contribution in [3.05, 3.63) is 4.91 Å². The fourth-order valence-corrected chi connectivity index (χ4v) is 0.0183. The van der Waals surface area contributed by atoms with Crippen LogP contribution in [0.5, 0.6) is 0 Å². The zero-order chi connectivity index (χ0) is 4.99. The van der Waals surface area contributed by atoms with E-state index in [1.807, 2.05) is 5.18 Å². The summed E-state index contributed by atoms with van der Waals surface area (Å²) >= 11 is 0.